The summed E-state index contributed by atoms with van der Waals surface area (Å²) in [6.45, 7) is 32.0. The van der Waals surface area contributed by atoms with Crippen LogP contribution in [0.1, 0.15) is 129 Å². The number of aromatic nitrogens is 2. The van der Waals surface area contributed by atoms with E-state index in [2.05, 4.69) is 269 Å². The van der Waals surface area contributed by atoms with Crippen molar-refractivity contribution in [2.75, 3.05) is 9.80 Å². The maximum Gasteiger partial charge on any atom is 0.135 e. The molecular weight excluding hydrogens is 1060 g/mol. The van der Waals surface area contributed by atoms with Crippen LogP contribution in [0.25, 0.3) is 27.6 Å². The summed E-state index contributed by atoms with van der Waals surface area (Å²) < 4.78 is 9.04. The first-order chi connectivity index (χ1) is 33.6. The molecule has 72 heavy (non-hydrogen) atoms. The Morgan fingerprint density at radius 1 is 0.444 bits per heavy atom. The van der Waals surface area contributed by atoms with Gasteiger partial charge in [-0.25, -0.2) is 4.98 Å². The SMILES string of the molecule is CC(C)(C)c1cc(N2[CH-]N(c3[c-]c(Oc4[c-]c5c(cc4)c4cc(C(C)(C)C)ccc4n5-c4cc(C(C)(C)c5ccccc5)ccn4)ccc3)c3ccc(C(C)(C)C)cc32)cc(C(C)(C)c2ccccc2)c1.[Pt]. The molecule has 0 saturated heterocycles. The van der Waals surface area contributed by atoms with Crippen LogP contribution in [-0.2, 0) is 48.1 Å². The van der Waals surface area contributed by atoms with Crippen molar-refractivity contribution in [3.05, 3.63) is 222 Å². The summed E-state index contributed by atoms with van der Waals surface area (Å²) in [5.74, 6) is 2.03. The maximum atomic E-state index is 6.80. The molecule has 0 bridgehead atoms. The first-order valence-electron chi connectivity index (χ1n) is 25.1. The fourth-order valence-corrected chi connectivity index (χ4v) is 9.98. The predicted octanol–water partition coefficient (Wildman–Crippen LogP) is 17.5. The predicted molar refractivity (Wildman–Crippen MR) is 297 cm³/mol. The molecule has 0 aliphatic carbocycles. The van der Waals surface area contributed by atoms with Crippen molar-refractivity contribution in [2.24, 2.45) is 0 Å². The summed E-state index contributed by atoms with van der Waals surface area (Å²) in [5, 5.41) is 2.25. The van der Waals surface area contributed by atoms with Crippen LogP contribution in [0.15, 0.2) is 164 Å². The van der Waals surface area contributed by atoms with Gasteiger partial charge in [0.2, 0.25) is 0 Å². The average Bonchev–Trinajstić information content (AvgIpc) is 3.89. The Labute approximate surface area is 443 Å². The molecule has 0 amide bonds. The van der Waals surface area contributed by atoms with Gasteiger partial charge in [-0.05, 0) is 103 Å². The number of benzene rings is 7. The number of nitrogens with zero attached hydrogens (tertiary/aromatic N) is 4. The second kappa shape index (κ2) is 18.6. The molecule has 3 heterocycles. The number of hydrogen-bond donors (Lipinski definition) is 0. The van der Waals surface area contributed by atoms with E-state index in [1.54, 1.807) is 0 Å². The topological polar surface area (TPSA) is 33.5 Å². The van der Waals surface area contributed by atoms with Crippen molar-refractivity contribution in [2.45, 2.75) is 117 Å². The average molecular weight is 1130 g/mol. The Balaban J connectivity index is 0.00000640. The van der Waals surface area contributed by atoms with Crippen LogP contribution in [0.4, 0.5) is 22.7 Å². The Hall–Kier alpha value is -6.42. The Bertz CT molecular complexity index is 3440. The van der Waals surface area contributed by atoms with Gasteiger partial charge in [0.25, 0.3) is 0 Å². The monoisotopic (exact) mass is 1130 g/mol. The number of fused-ring (bicyclic) bond motifs is 4. The van der Waals surface area contributed by atoms with Crippen molar-refractivity contribution in [1.29, 1.82) is 0 Å². The summed E-state index contributed by atoms with van der Waals surface area (Å²) in [7, 11) is 0. The van der Waals surface area contributed by atoms with Gasteiger partial charge in [0, 0.05) is 72.2 Å². The second-order valence-electron chi connectivity index (χ2n) is 23.6. The fourth-order valence-electron chi connectivity index (χ4n) is 9.98. The van der Waals surface area contributed by atoms with Gasteiger partial charge in [-0.2, -0.15) is 12.1 Å². The van der Waals surface area contributed by atoms with Gasteiger partial charge in [-0.15, -0.1) is 48.1 Å². The Morgan fingerprint density at radius 3 is 1.69 bits per heavy atom. The second-order valence-corrected chi connectivity index (χ2v) is 23.6. The third kappa shape index (κ3) is 9.42. The summed E-state index contributed by atoms with van der Waals surface area (Å²) in [5.41, 5.74) is 14.4. The minimum Gasteiger partial charge on any atom is -0.509 e. The third-order valence-electron chi connectivity index (χ3n) is 14.8. The van der Waals surface area contributed by atoms with E-state index < -0.39 is 0 Å². The van der Waals surface area contributed by atoms with E-state index in [0.717, 1.165) is 50.4 Å². The summed E-state index contributed by atoms with van der Waals surface area (Å²) in [6.07, 6.45) is 1.93. The van der Waals surface area contributed by atoms with Crippen LogP contribution < -0.4 is 14.5 Å². The van der Waals surface area contributed by atoms with Gasteiger partial charge in [0.15, 0.2) is 0 Å². The van der Waals surface area contributed by atoms with Crippen LogP contribution in [-0.4, -0.2) is 9.55 Å². The van der Waals surface area contributed by atoms with Gasteiger partial charge in [0.05, 0.1) is 0 Å². The molecule has 0 atom stereocenters. The van der Waals surface area contributed by atoms with Gasteiger partial charge in [-0.1, -0.05) is 180 Å². The van der Waals surface area contributed by atoms with Crippen LogP contribution in [0.3, 0.4) is 0 Å². The van der Waals surface area contributed by atoms with Gasteiger partial charge in [-0.3, -0.25) is 0 Å². The third-order valence-corrected chi connectivity index (χ3v) is 14.8. The molecule has 0 N–H and O–H groups in total. The molecule has 1 aliphatic rings. The largest absolute Gasteiger partial charge is 0.509 e. The molecule has 1 aliphatic heterocycles. The van der Waals surface area contributed by atoms with Crippen LogP contribution in [0.2, 0.25) is 0 Å². The summed E-state index contributed by atoms with van der Waals surface area (Å²) >= 11 is 0. The van der Waals surface area contributed by atoms with Crippen molar-refractivity contribution in [3.8, 4) is 17.3 Å². The minimum atomic E-state index is -0.242. The zero-order chi connectivity index (χ0) is 50.3. The zero-order valence-electron chi connectivity index (χ0n) is 44.2. The fraction of sp³-hybridized carbons (Fsp3) is 0.273. The normalized spacial score (nSPS) is 13.4. The molecule has 0 saturated carbocycles. The molecule has 0 spiro atoms. The molecule has 5 nitrogen and oxygen atoms in total. The van der Waals surface area contributed by atoms with Crippen molar-refractivity contribution in [3.63, 3.8) is 0 Å². The van der Waals surface area contributed by atoms with E-state index in [0.29, 0.717) is 11.5 Å². The van der Waals surface area contributed by atoms with E-state index in [1.165, 1.54) is 38.9 Å². The van der Waals surface area contributed by atoms with Crippen molar-refractivity contribution in [1.82, 2.24) is 9.55 Å². The molecule has 10 rings (SSSR count). The van der Waals surface area contributed by atoms with Crippen LogP contribution >= 0.6 is 0 Å². The number of ether oxygens (including phenoxy) is 1. The van der Waals surface area contributed by atoms with Crippen molar-refractivity contribution >= 4 is 44.6 Å². The zero-order valence-corrected chi connectivity index (χ0v) is 46.5. The van der Waals surface area contributed by atoms with Gasteiger partial charge < -0.3 is 19.1 Å². The van der Waals surface area contributed by atoms with Crippen LogP contribution in [0, 0.1) is 18.8 Å². The van der Waals surface area contributed by atoms with E-state index in [4.69, 9.17) is 9.72 Å². The maximum absolute atomic E-state index is 6.80. The van der Waals surface area contributed by atoms with Gasteiger partial charge in [0.1, 0.15) is 5.82 Å². The Morgan fingerprint density at radius 2 is 1.04 bits per heavy atom. The molecule has 0 radical (unpaired) electrons. The molecule has 7 aromatic carbocycles. The summed E-state index contributed by atoms with van der Waals surface area (Å²) in [4.78, 5) is 9.63. The molecule has 0 fully saturated rings. The molecule has 9 aromatic rings. The molecule has 2 aromatic heterocycles. The van der Waals surface area contributed by atoms with Gasteiger partial charge >= 0.3 is 0 Å². The first-order valence-corrected chi connectivity index (χ1v) is 25.1. The number of pyridine rings is 1. The smallest absolute Gasteiger partial charge is 0.135 e. The summed E-state index contributed by atoms with van der Waals surface area (Å²) in [6, 6.07) is 64.5. The molecular formula is C66H67N4OPt-3. The molecule has 370 valence electrons. The number of anilines is 4. The minimum absolute atomic E-state index is 0. The standard InChI is InChI=1S/C66H67N4O.Pt/c1-62(2,3)46-27-31-57-56(38-46)55-30-29-54(42-59(55)70(57)61-40-48(33-34-67-61)65(10,11)44-21-16-14-17-22-44)71-53-26-20-25-51(41-53)68-43-69(60-39-47(63(4,5)6)28-32-58(60)68)52-36-49(64(7,8)9)35-50(37-52)66(12,13)45-23-18-15-19-24-45;/h14-40,43H,1-13H3;/q-3;. The van der Waals surface area contributed by atoms with E-state index in [-0.39, 0.29) is 48.1 Å². The van der Waals surface area contributed by atoms with E-state index >= 15 is 0 Å². The van der Waals surface area contributed by atoms with E-state index in [9.17, 15) is 0 Å². The van der Waals surface area contributed by atoms with E-state index in [1.807, 2.05) is 18.3 Å². The molecule has 0 unspecified atom stereocenters. The molecule has 6 heteroatoms. The first kappa shape index (κ1) is 50.5. The number of rotatable bonds is 9. The van der Waals surface area contributed by atoms with Crippen molar-refractivity contribution < 1.29 is 25.8 Å². The Kier molecular flexibility index (Phi) is 13.0. The number of hydrogen-bond acceptors (Lipinski definition) is 4. The quantitative estimate of drug-likeness (QED) is 0.135. The van der Waals surface area contributed by atoms with Crippen LogP contribution in [0.5, 0.6) is 11.5 Å².